The van der Waals surface area contributed by atoms with Gasteiger partial charge < -0.3 is 4.90 Å². The third kappa shape index (κ3) is 3.22. The first-order valence-electron chi connectivity index (χ1n) is 7.42. The number of carbonyl (C=O) groups is 1. The van der Waals surface area contributed by atoms with Gasteiger partial charge in [-0.2, -0.15) is 5.26 Å². The summed E-state index contributed by atoms with van der Waals surface area (Å²) in [6.07, 6.45) is 3.31. The van der Waals surface area contributed by atoms with Crippen LogP contribution in [0.1, 0.15) is 24.8 Å². The van der Waals surface area contributed by atoms with Gasteiger partial charge in [-0.25, -0.2) is 0 Å². The number of nitrogens with zero attached hydrogens (tertiary/aromatic N) is 2. The number of rotatable bonds is 5. The molecule has 0 radical (unpaired) electrons. The van der Waals surface area contributed by atoms with Crippen LogP contribution in [0.4, 0.5) is 0 Å². The highest BCUT2D eigenvalue weighted by Gasteiger charge is 2.31. The van der Waals surface area contributed by atoms with Crippen LogP contribution in [0.25, 0.3) is 10.8 Å². The van der Waals surface area contributed by atoms with E-state index in [9.17, 15) is 4.79 Å². The number of benzene rings is 2. The first-order valence-corrected chi connectivity index (χ1v) is 7.42. The summed E-state index contributed by atoms with van der Waals surface area (Å²) < 4.78 is 0. The molecule has 21 heavy (non-hydrogen) atoms. The average molecular weight is 278 g/mol. The van der Waals surface area contributed by atoms with E-state index < -0.39 is 0 Å². The van der Waals surface area contributed by atoms with Gasteiger partial charge in [-0.05, 0) is 35.6 Å². The largest absolute Gasteiger partial charge is 0.326 e. The number of carbonyl (C=O) groups excluding carboxylic acids is 1. The summed E-state index contributed by atoms with van der Waals surface area (Å²) in [6, 6.07) is 17.0. The average Bonchev–Trinajstić information content (AvgIpc) is 3.34. The monoisotopic (exact) mass is 278 g/mol. The van der Waals surface area contributed by atoms with Crippen LogP contribution in [-0.2, 0) is 11.2 Å². The summed E-state index contributed by atoms with van der Waals surface area (Å²) in [5, 5.41) is 11.2. The van der Waals surface area contributed by atoms with Crippen molar-refractivity contribution in [3.8, 4) is 6.07 Å². The minimum atomic E-state index is 0.104. The van der Waals surface area contributed by atoms with Gasteiger partial charge in [0.15, 0.2) is 0 Å². The zero-order valence-corrected chi connectivity index (χ0v) is 12.0. The smallest absolute Gasteiger partial charge is 0.224 e. The Kier molecular flexibility index (Phi) is 3.87. The zero-order chi connectivity index (χ0) is 14.7. The summed E-state index contributed by atoms with van der Waals surface area (Å²) in [4.78, 5) is 14.0. The highest BCUT2D eigenvalue weighted by Crippen LogP contribution is 2.27. The van der Waals surface area contributed by atoms with Gasteiger partial charge in [-0.15, -0.1) is 0 Å². The Labute approximate surface area is 124 Å². The number of hydrogen-bond acceptors (Lipinski definition) is 2. The fraction of sp³-hybridized carbons (Fsp3) is 0.333. The molecular weight excluding hydrogens is 260 g/mol. The van der Waals surface area contributed by atoms with Gasteiger partial charge in [0.1, 0.15) is 6.54 Å². The molecule has 1 aliphatic rings. The lowest BCUT2D eigenvalue weighted by molar-refractivity contribution is -0.131. The first-order chi connectivity index (χ1) is 10.3. The topological polar surface area (TPSA) is 44.1 Å². The maximum absolute atomic E-state index is 12.2. The number of amides is 1. The van der Waals surface area contributed by atoms with Crippen LogP contribution in [-0.4, -0.2) is 23.4 Å². The fourth-order valence-electron chi connectivity index (χ4n) is 2.67. The lowest BCUT2D eigenvalue weighted by atomic mass is 10.0. The van der Waals surface area contributed by atoms with Crippen molar-refractivity contribution in [2.75, 3.05) is 6.54 Å². The van der Waals surface area contributed by atoms with Crippen molar-refractivity contribution >= 4 is 16.7 Å². The minimum Gasteiger partial charge on any atom is -0.326 e. The van der Waals surface area contributed by atoms with Gasteiger partial charge in [0.25, 0.3) is 0 Å². The number of nitriles is 1. The molecule has 0 spiro atoms. The molecule has 1 aliphatic carbocycles. The van der Waals surface area contributed by atoms with E-state index in [1.165, 1.54) is 16.3 Å². The quantitative estimate of drug-likeness (QED) is 0.788. The van der Waals surface area contributed by atoms with E-state index in [2.05, 4.69) is 36.4 Å². The Morgan fingerprint density at radius 2 is 1.95 bits per heavy atom. The second kappa shape index (κ2) is 5.97. The first kappa shape index (κ1) is 13.6. The van der Waals surface area contributed by atoms with E-state index in [1.54, 1.807) is 4.90 Å². The Hall–Kier alpha value is -2.34. The van der Waals surface area contributed by atoms with E-state index in [-0.39, 0.29) is 12.5 Å². The normalized spacial score (nSPS) is 13.9. The van der Waals surface area contributed by atoms with E-state index in [4.69, 9.17) is 5.26 Å². The standard InChI is InChI=1S/C18H18N2O/c19-11-12-20(17-8-9-17)18(21)10-6-14-5-7-15-3-1-2-4-16(15)13-14/h1-5,7,13,17H,6,8-10,12H2. The minimum absolute atomic E-state index is 0.104. The van der Waals surface area contributed by atoms with Crippen molar-refractivity contribution in [3.63, 3.8) is 0 Å². The summed E-state index contributed by atoms with van der Waals surface area (Å²) in [7, 11) is 0. The van der Waals surface area contributed by atoms with Crippen molar-refractivity contribution in [1.29, 1.82) is 5.26 Å². The molecular formula is C18H18N2O. The van der Waals surface area contributed by atoms with Gasteiger partial charge in [0.05, 0.1) is 6.07 Å². The molecule has 3 rings (SSSR count). The Balaban J connectivity index is 1.65. The molecule has 0 atom stereocenters. The molecule has 1 amide bonds. The van der Waals surface area contributed by atoms with Crippen LogP contribution in [0, 0.1) is 11.3 Å². The van der Waals surface area contributed by atoms with Gasteiger partial charge in [-0.1, -0.05) is 42.5 Å². The van der Waals surface area contributed by atoms with E-state index in [0.717, 1.165) is 19.3 Å². The molecule has 1 saturated carbocycles. The second-order valence-electron chi connectivity index (χ2n) is 5.59. The summed E-state index contributed by atoms with van der Waals surface area (Å²) in [5.41, 5.74) is 1.18. The number of aryl methyl sites for hydroxylation is 1. The van der Waals surface area contributed by atoms with Gasteiger partial charge in [0.2, 0.25) is 5.91 Å². The zero-order valence-electron chi connectivity index (χ0n) is 12.0. The molecule has 3 heteroatoms. The van der Waals surface area contributed by atoms with Crippen molar-refractivity contribution in [1.82, 2.24) is 4.90 Å². The van der Waals surface area contributed by atoms with Gasteiger partial charge in [0, 0.05) is 12.5 Å². The summed E-state index contributed by atoms with van der Waals surface area (Å²) in [6.45, 7) is 0.223. The molecule has 106 valence electrons. The Morgan fingerprint density at radius 3 is 2.67 bits per heavy atom. The molecule has 1 fully saturated rings. The summed E-state index contributed by atoms with van der Waals surface area (Å²) >= 11 is 0. The maximum atomic E-state index is 12.2. The molecule has 0 aliphatic heterocycles. The van der Waals surface area contributed by atoms with Crippen molar-refractivity contribution in [3.05, 3.63) is 48.0 Å². The van der Waals surface area contributed by atoms with E-state index in [0.29, 0.717) is 12.5 Å². The lowest BCUT2D eigenvalue weighted by Crippen LogP contribution is -2.33. The van der Waals surface area contributed by atoms with Crippen molar-refractivity contribution < 1.29 is 4.79 Å². The highest BCUT2D eigenvalue weighted by atomic mass is 16.2. The third-order valence-electron chi connectivity index (χ3n) is 3.99. The van der Waals surface area contributed by atoms with Gasteiger partial charge in [-0.3, -0.25) is 4.79 Å². The van der Waals surface area contributed by atoms with Crippen LogP contribution in [0.2, 0.25) is 0 Å². The lowest BCUT2D eigenvalue weighted by Gasteiger charge is -2.18. The second-order valence-corrected chi connectivity index (χ2v) is 5.59. The molecule has 2 aromatic carbocycles. The van der Waals surface area contributed by atoms with Crippen LogP contribution in [0.5, 0.6) is 0 Å². The highest BCUT2D eigenvalue weighted by molar-refractivity contribution is 5.83. The Morgan fingerprint density at radius 1 is 1.19 bits per heavy atom. The number of hydrogen-bond donors (Lipinski definition) is 0. The van der Waals surface area contributed by atoms with E-state index >= 15 is 0 Å². The van der Waals surface area contributed by atoms with Crippen LogP contribution < -0.4 is 0 Å². The fourth-order valence-corrected chi connectivity index (χ4v) is 2.67. The molecule has 0 saturated heterocycles. The van der Waals surface area contributed by atoms with Gasteiger partial charge >= 0.3 is 0 Å². The molecule has 3 nitrogen and oxygen atoms in total. The molecule has 2 aromatic rings. The molecule has 0 heterocycles. The predicted molar refractivity (Wildman–Crippen MR) is 82.6 cm³/mol. The number of fused-ring (bicyclic) bond motifs is 1. The predicted octanol–water partition coefficient (Wildman–Crippen LogP) is 3.29. The molecule has 0 unspecified atom stereocenters. The van der Waals surface area contributed by atoms with Crippen molar-refractivity contribution in [2.24, 2.45) is 0 Å². The molecule has 0 N–H and O–H groups in total. The van der Waals surface area contributed by atoms with Crippen LogP contribution >= 0.6 is 0 Å². The van der Waals surface area contributed by atoms with E-state index in [1.807, 2.05) is 12.1 Å². The third-order valence-corrected chi connectivity index (χ3v) is 3.99. The SMILES string of the molecule is N#CCN(C(=O)CCc1ccc2ccccc2c1)C1CC1. The Bertz CT molecular complexity index is 698. The van der Waals surface area contributed by atoms with Crippen molar-refractivity contribution in [2.45, 2.75) is 31.7 Å². The van der Waals surface area contributed by atoms with Crippen LogP contribution in [0.15, 0.2) is 42.5 Å². The maximum Gasteiger partial charge on any atom is 0.224 e. The molecule has 0 bridgehead atoms. The summed E-state index contributed by atoms with van der Waals surface area (Å²) in [5.74, 6) is 0.104. The van der Waals surface area contributed by atoms with Crippen LogP contribution in [0.3, 0.4) is 0 Å². The molecule has 0 aromatic heterocycles.